The van der Waals surface area contributed by atoms with Crippen LogP contribution in [-0.2, 0) is 20.7 Å². The van der Waals surface area contributed by atoms with Crippen LogP contribution in [0.4, 0.5) is 0 Å². The van der Waals surface area contributed by atoms with Gasteiger partial charge in [0.15, 0.2) is 0 Å². The first-order chi connectivity index (χ1) is 11.0. The van der Waals surface area contributed by atoms with E-state index in [0.717, 1.165) is 5.56 Å². The van der Waals surface area contributed by atoms with Crippen LogP contribution < -0.4 is 10.5 Å². The maximum atomic E-state index is 12.1. The minimum atomic E-state index is -1.36. The number of cyclic esters (lactones) is 1. The summed E-state index contributed by atoms with van der Waals surface area (Å²) in [6.07, 6.45) is 0.879. The molecular weight excluding hydrogens is 306 g/mol. The largest absolute Gasteiger partial charge is 0.464 e. The Balaban J connectivity index is 1.99. The van der Waals surface area contributed by atoms with Crippen molar-refractivity contribution in [2.75, 3.05) is 6.61 Å². The average molecular weight is 334 g/mol. The van der Waals surface area contributed by atoms with Gasteiger partial charge in [-0.05, 0) is 5.56 Å². The molecule has 1 saturated heterocycles. The zero-order valence-electron chi connectivity index (χ0n) is 14.4. The summed E-state index contributed by atoms with van der Waals surface area (Å²) in [5.41, 5.74) is 0.990. The number of amides is 1. The van der Waals surface area contributed by atoms with Crippen LogP contribution in [0.2, 0.25) is 18.1 Å². The Morgan fingerprint density at radius 1 is 1.17 bits per heavy atom. The van der Waals surface area contributed by atoms with E-state index in [0.29, 0.717) is 19.4 Å². The summed E-state index contributed by atoms with van der Waals surface area (Å²) >= 11 is 0. The molecule has 1 aromatic rings. The predicted molar refractivity (Wildman–Crippen MR) is 94.5 cm³/mol. The van der Waals surface area contributed by atoms with Gasteiger partial charge < -0.3 is 10.1 Å². The molecule has 1 aromatic carbocycles. The standard InChI is InChI=1S/C18H27NO3Si/c1-4-23(5-2,6-3)15-9-7-14(8-10-15)13-17(20)19-16-11-12-22-18(16)21/h7-10,16H,4-6,11-13H2,1-3H3,(H,19,20). The molecule has 1 heterocycles. The van der Waals surface area contributed by atoms with Crippen molar-refractivity contribution in [2.45, 2.75) is 57.8 Å². The molecule has 0 radical (unpaired) electrons. The lowest BCUT2D eigenvalue weighted by Gasteiger charge is -2.28. The van der Waals surface area contributed by atoms with Crippen molar-refractivity contribution < 1.29 is 14.3 Å². The molecule has 0 bridgehead atoms. The number of hydrogen-bond acceptors (Lipinski definition) is 3. The van der Waals surface area contributed by atoms with Crippen LogP contribution >= 0.6 is 0 Å². The van der Waals surface area contributed by atoms with Gasteiger partial charge in [-0.1, -0.05) is 68.4 Å². The minimum Gasteiger partial charge on any atom is -0.464 e. The Bertz CT molecular complexity index is 544. The molecule has 0 aromatic heterocycles. The normalized spacial score (nSPS) is 17.9. The number of esters is 1. The first kappa shape index (κ1) is 17.7. The Kier molecular flexibility index (Phi) is 5.99. The van der Waals surface area contributed by atoms with Gasteiger partial charge >= 0.3 is 5.97 Å². The van der Waals surface area contributed by atoms with E-state index in [-0.39, 0.29) is 11.9 Å². The van der Waals surface area contributed by atoms with E-state index in [2.05, 4.69) is 50.4 Å². The third kappa shape index (κ3) is 4.02. The zero-order chi connectivity index (χ0) is 16.9. The lowest BCUT2D eigenvalue weighted by molar-refractivity contribution is -0.141. The molecule has 1 aliphatic heterocycles. The van der Waals surface area contributed by atoms with Crippen LogP contribution in [0.15, 0.2) is 24.3 Å². The molecular formula is C18H27NO3Si. The maximum absolute atomic E-state index is 12.1. The van der Waals surface area contributed by atoms with Crippen LogP contribution in [0.1, 0.15) is 32.8 Å². The highest BCUT2D eigenvalue weighted by atomic mass is 28.3. The number of rotatable bonds is 7. The first-order valence-corrected chi connectivity index (χ1v) is 11.2. The summed E-state index contributed by atoms with van der Waals surface area (Å²) in [4.78, 5) is 23.4. The third-order valence-corrected chi connectivity index (χ3v) is 10.9. The van der Waals surface area contributed by atoms with Gasteiger partial charge in [0, 0.05) is 6.42 Å². The molecule has 4 nitrogen and oxygen atoms in total. The summed E-state index contributed by atoms with van der Waals surface area (Å²) in [5, 5.41) is 4.23. The lowest BCUT2D eigenvalue weighted by atomic mass is 10.1. The summed E-state index contributed by atoms with van der Waals surface area (Å²) in [6, 6.07) is 11.8. The predicted octanol–water partition coefficient (Wildman–Crippen LogP) is 2.38. The van der Waals surface area contributed by atoms with Crippen LogP contribution in [-0.4, -0.2) is 32.6 Å². The van der Waals surface area contributed by atoms with Crippen molar-refractivity contribution in [3.05, 3.63) is 29.8 Å². The SMILES string of the molecule is CC[Si](CC)(CC)c1ccc(CC(=O)NC2CCOC2=O)cc1. The van der Waals surface area contributed by atoms with Gasteiger partial charge in [0.05, 0.1) is 21.1 Å². The van der Waals surface area contributed by atoms with Crippen molar-refractivity contribution in [3.63, 3.8) is 0 Å². The second-order valence-electron chi connectivity index (χ2n) is 6.29. The van der Waals surface area contributed by atoms with Crippen molar-refractivity contribution in [1.82, 2.24) is 5.32 Å². The van der Waals surface area contributed by atoms with Crippen LogP contribution in [0.25, 0.3) is 0 Å². The summed E-state index contributed by atoms with van der Waals surface area (Å²) in [7, 11) is -1.36. The van der Waals surface area contributed by atoms with Crippen LogP contribution in [0.3, 0.4) is 0 Å². The molecule has 0 saturated carbocycles. The van der Waals surface area contributed by atoms with E-state index in [4.69, 9.17) is 4.74 Å². The van der Waals surface area contributed by atoms with Crippen LogP contribution in [0.5, 0.6) is 0 Å². The van der Waals surface area contributed by atoms with Gasteiger partial charge in [0.25, 0.3) is 0 Å². The summed E-state index contributed by atoms with van der Waals surface area (Å²) < 4.78 is 4.86. The Labute approximate surface area is 139 Å². The van der Waals surface area contributed by atoms with Gasteiger partial charge in [-0.2, -0.15) is 0 Å². The number of carbonyl (C=O) groups is 2. The quantitative estimate of drug-likeness (QED) is 0.616. The van der Waals surface area contributed by atoms with E-state index in [1.807, 2.05) is 0 Å². The topological polar surface area (TPSA) is 55.4 Å². The molecule has 126 valence electrons. The van der Waals surface area contributed by atoms with Gasteiger partial charge in [-0.3, -0.25) is 4.79 Å². The average Bonchev–Trinajstić information content (AvgIpc) is 2.96. The second-order valence-corrected chi connectivity index (χ2v) is 11.6. The van der Waals surface area contributed by atoms with E-state index < -0.39 is 14.1 Å². The second kappa shape index (κ2) is 7.77. The fraction of sp³-hybridized carbons (Fsp3) is 0.556. The fourth-order valence-corrected chi connectivity index (χ4v) is 6.99. The summed E-state index contributed by atoms with van der Waals surface area (Å²) in [6.45, 7) is 7.28. The number of nitrogens with one attached hydrogen (secondary N) is 1. The molecule has 1 fully saturated rings. The maximum Gasteiger partial charge on any atom is 0.328 e. The number of hydrogen-bond donors (Lipinski definition) is 1. The minimum absolute atomic E-state index is 0.119. The Hall–Kier alpha value is -1.62. The molecule has 2 rings (SSSR count). The van der Waals surface area contributed by atoms with Crippen molar-refractivity contribution in [2.24, 2.45) is 0 Å². The van der Waals surface area contributed by atoms with Crippen molar-refractivity contribution >= 4 is 25.1 Å². The lowest BCUT2D eigenvalue weighted by Crippen LogP contribution is -2.45. The third-order valence-electron chi connectivity index (χ3n) is 5.23. The molecule has 23 heavy (non-hydrogen) atoms. The molecule has 1 atom stereocenters. The first-order valence-electron chi connectivity index (χ1n) is 8.60. The van der Waals surface area contributed by atoms with Crippen LogP contribution in [0, 0.1) is 0 Å². The number of carbonyl (C=O) groups excluding carboxylic acids is 2. The van der Waals surface area contributed by atoms with Crippen molar-refractivity contribution in [3.8, 4) is 0 Å². The van der Waals surface area contributed by atoms with Gasteiger partial charge in [0.1, 0.15) is 6.04 Å². The molecule has 1 amide bonds. The molecule has 0 aliphatic carbocycles. The smallest absolute Gasteiger partial charge is 0.328 e. The van der Waals surface area contributed by atoms with Crippen molar-refractivity contribution in [1.29, 1.82) is 0 Å². The van der Waals surface area contributed by atoms with Gasteiger partial charge in [0.2, 0.25) is 5.91 Å². The zero-order valence-corrected chi connectivity index (χ0v) is 15.4. The van der Waals surface area contributed by atoms with Gasteiger partial charge in [-0.15, -0.1) is 0 Å². The molecule has 5 heteroatoms. The highest BCUT2D eigenvalue weighted by Gasteiger charge is 2.29. The highest BCUT2D eigenvalue weighted by Crippen LogP contribution is 2.20. The number of benzene rings is 1. The van der Waals surface area contributed by atoms with E-state index in [9.17, 15) is 9.59 Å². The van der Waals surface area contributed by atoms with E-state index in [1.165, 1.54) is 23.3 Å². The van der Waals surface area contributed by atoms with Gasteiger partial charge in [-0.25, -0.2) is 4.79 Å². The number of ether oxygens (including phenoxy) is 1. The molecule has 1 N–H and O–H groups in total. The monoisotopic (exact) mass is 333 g/mol. The highest BCUT2D eigenvalue weighted by molar-refractivity contribution is 6.91. The molecule has 1 aliphatic rings. The summed E-state index contributed by atoms with van der Waals surface area (Å²) in [5.74, 6) is -0.440. The van der Waals surface area contributed by atoms with E-state index in [1.54, 1.807) is 0 Å². The van der Waals surface area contributed by atoms with E-state index >= 15 is 0 Å². The molecule has 0 spiro atoms. The Morgan fingerprint density at radius 2 is 1.78 bits per heavy atom. The Morgan fingerprint density at radius 3 is 2.26 bits per heavy atom. The fourth-order valence-electron chi connectivity index (χ4n) is 3.40. The molecule has 1 unspecified atom stereocenters.